The van der Waals surface area contributed by atoms with Crippen LogP contribution in [0, 0.1) is 17.2 Å². The summed E-state index contributed by atoms with van der Waals surface area (Å²) < 4.78 is 0. The van der Waals surface area contributed by atoms with E-state index in [0.29, 0.717) is 34.3 Å². The third-order valence-corrected chi connectivity index (χ3v) is 5.81. The molecule has 1 aromatic carbocycles. The Morgan fingerprint density at radius 1 is 1.50 bits per heavy atom. The number of rotatable bonds is 4. The largest absolute Gasteiger partial charge is 0.317 e. The molecule has 0 fully saturated rings. The van der Waals surface area contributed by atoms with Gasteiger partial charge in [-0.2, -0.15) is 5.26 Å². The van der Waals surface area contributed by atoms with Crippen molar-refractivity contribution in [3.05, 3.63) is 50.9 Å². The molecule has 0 bridgehead atoms. The molecule has 1 aliphatic rings. The molecular formula is C19H19ClN2OS. The van der Waals surface area contributed by atoms with Crippen LogP contribution in [-0.2, 0) is 24.1 Å². The Hall–Kier alpha value is -1.83. The predicted octanol–water partition coefficient (Wildman–Crippen LogP) is 4.97. The fourth-order valence-electron chi connectivity index (χ4n) is 3.10. The van der Waals surface area contributed by atoms with Crippen molar-refractivity contribution in [3.63, 3.8) is 0 Å². The Morgan fingerprint density at radius 2 is 2.33 bits per heavy atom. The van der Waals surface area contributed by atoms with E-state index in [2.05, 4.69) is 18.3 Å². The zero-order valence-electron chi connectivity index (χ0n) is 13.6. The van der Waals surface area contributed by atoms with Crippen molar-refractivity contribution in [1.29, 1.82) is 5.26 Å². The summed E-state index contributed by atoms with van der Waals surface area (Å²) in [6, 6.07) is 9.83. The molecule has 124 valence electrons. The minimum Gasteiger partial charge on any atom is -0.317 e. The van der Waals surface area contributed by atoms with E-state index in [1.165, 1.54) is 4.88 Å². The van der Waals surface area contributed by atoms with E-state index in [-0.39, 0.29) is 5.91 Å². The third-order valence-electron chi connectivity index (χ3n) is 4.41. The number of nitriles is 1. The standard InChI is InChI=1S/C19H19ClN2OS/c1-12-5-7-15-16(11-21)19(24-17(15)9-12)22-18(23)8-6-13-3-2-4-14(20)10-13/h2-4,10,12H,5-9H2,1H3,(H,22,23). The van der Waals surface area contributed by atoms with E-state index in [9.17, 15) is 10.1 Å². The normalized spacial score (nSPS) is 16.3. The average molecular weight is 359 g/mol. The first-order valence-electron chi connectivity index (χ1n) is 8.15. The summed E-state index contributed by atoms with van der Waals surface area (Å²) in [7, 11) is 0. The molecule has 5 heteroatoms. The molecule has 2 aromatic rings. The maximum absolute atomic E-state index is 12.3. The van der Waals surface area contributed by atoms with Crippen LogP contribution in [0.4, 0.5) is 5.00 Å². The van der Waals surface area contributed by atoms with Gasteiger partial charge in [0.1, 0.15) is 11.1 Å². The Balaban J connectivity index is 1.67. The topological polar surface area (TPSA) is 52.9 Å². The van der Waals surface area contributed by atoms with Gasteiger partial charge in [-0.05, 0) is 54.9 Å². The van der Waals surface area contributed by atoms with Crippen molar-refractivity contribution in [3.8, 4) is 6.07 Å². The van der Waals surface area contributed by atoms with Gasteiger partial charge in [0, 0.05) is 16.3 Å². The number of amides is 1. The predicted molar refractivity (Wildman–Crippen MR) is 98.6 cm³/mol. The smallest absolute Gasteiger partial charge is 0.225 e. The van der Waals surface area contributed by atoms with E-state index < -0.39 is 0 Å². The molecule has 1 aromatic heterocycles. The number of thiophene rings is 1. The number of fused-ring (bicyclic) bond motifs is 1. The lowest BCUT2D eigenvalue weighted by Gasteiger charge is -2.17. The van der Waals surface area contributed by atoms with E-state index in [1.54, 1.807) is 11.3 Å². The van der Waals surface area contributed by atoms with E-state index in [1.807, 2.05) is 24.3 Å². The van der Waals surface area contributed by atoms with Gasteiger partial charge in [-0.15, -0.1) is 11.3 Å². The molecule has 3 nitrogen and oxygen atoms in total. The number of aryl methyl sites for hydroxylation is 1. The number of hydrogen-bond acceptors (Lipinski definition) is 3. The second kappa shape index (κ2) is 7.38. The summed E-state index contributed by atoms with van der Waals surface area (Å²) in [5.74, 6) is 0.590. The third kappa shape index (κ3) is 3.80. The molecule has 0 saturated heterocycles. The number of anilines is 1. The van der Waals surface area contributed by atoms with Gasteiger partial charge >= 0.3 is 0 Å². The summed E-state index contributed by atoms with van der Waals surface area (Å²) in [5, 5.41) is 13.8. The second-order valence-corrected chi connectivity index (χ2v) is 7.89. The molecule has 1 heterocycles. The maximum Gasteiger partial charge on any atom is 0.225 e. The van der Waals surface area contributed by atoms with Crippen molar-refractivity contribution in [2.45, 2.75) is 39.0 Å². The molecule has 0 spiro atoms. The molecule has 1 aliphatic carbocycles. The molecule has 3 rings (SSSR count). The Bertz CT molecular complexity index is 806. The lowest BCUT2D eigenvalue weighted by atomic mass is 9.88. The number of nitrogens with one attached hydrogen (secondary N) is 1. The lowest BCUT2D eigenvalue weighted by Crippen LogP contribution is -2.12. The van der Waals surface area contributed by atoms with E-state index in [0.717, 1.165) is 30.4 Å². The van der Waals surface area contributed by atoms with Gasteiger partial charge in [-0.3, -0.25) is 4.79 Å². The van der Waals surface area contributed by atoms with Crippen LogP contribution in [0.25, 0.3) is 0 Å². The number of halogens is 1. The van der Waals surface area contributed by atoms with Crippen LogP contribution < -0.4 is 5.32 Å². The van der Waals surface area contributed by atoms with Gasteiger partial charge < -0.3 is 5.32 Å². The Morgan fingerprint density at radius 3 is 3.08 bits per heavy atom. The molecule has 0 saturated carbocycles. The summed E-state index contributed by atoms with van der Waals surface area (Å²) >= 11 is 7.53. The monoisotopic (exact) mass is 358 g/mol. The van der Waals surface area contributed by atoms with Gasteiger partial charge in [0.15, 0.2) is 0 Å². The van der Waals surface area contributed by atoms with Crippen molar-refractivity contribution in [1.82, 2.24) is 0 Å². The Labute approximate surface area is 151 Å². The van der Waals surface area contributed by atoms with Crippen LogP contribution in [0.1, 0.15) is 41.3 Å². The van der Waals surface area contributed by atoms with Gasteiger partial charge in [-0.1, -0.05) is 30.7 Å². The SMILES string of the molecule is CC1CCc2c(sc(NC(=O)CCc3cccc(Cl)c3)c2C#N)C1. The highest BCUT2D eigenvalue weighted by Gasteiger charge is 2.24. The minimum absolute atomic E-state index is 0.0573. The quantitative estimate of drug-likeness (QED) is 0.838. The highest BCUT2D eigenvalue weighted by molar-refractivity contribution is 7.16. The van der Waals surface area contributed by atoms with Crippen LogP contribution in [0.3, 0.4) is 0 Å². The molecule has 1 amide bonds. The summed E-state index contributed by atoms with van der Waals surface area (Å²) in [4.78, 5) is 13.5. The lowest BCUT2D eigenvalue weighted by molar-refractivity contribution is -0.116. The first-order chi connectivity index (χ1) is 11.6. The van der Waals surface area contributed by atoms with Crippen LogP contribution in [-0.4, -0.2) is 5.91 Å². The molecule has 0 radical (unpaired) electrons. The Kier molecular flexibility index (Phi) is 5.23. The number of hydrogen-bond donors (Lipinski definition) is 1. The van der Waals surface area contributed by atoms with Crippen LogP contribution >= 0.6 is 22.9 Å². The zero-order chi connectivity index (χ0) is 17.1. The van der Waals surface area contributed by atoms with Crippen LogP contribution in [0.15, 0.2) is 24.3 Å². The van der Waals surface area contributed by atoms with Gasteiger partial charge in [0.25, 0.3) is 0 Å². The fraction of sp³-hybridized carbons (Fsp3) is 0.368. The highest BCUT2D eigenvalue weighted by atomic mass is 35.5. The summed E-state index contributed by atoms with van der Waals surface area (Å²) in [6.45, 7) is 2.23. The van der Waals surface area contributed by atoms with Gasteiger partial charge in [0.2, 0.25) is 5.91 Å². The molecule has 1 unspecified atom stereocenters. The summed E-state index contributed by atoms with van der Waals surface area (Å²) in [5.41, 5.74) is 2.85. The number of carbonyl (C=O) groups is 1. The van der Waals surface area contributed by atoms with E-state index in [4.69, 9.17) is 11.6 Å². The molecule has 0 aliphatic heterocycles. The highest BCUT2D eigenvalue weighted by Crippen LogP contribution is 2.39. The average Bonchev–Trinajstić information content (AvgIpc) is 2.89. The molecule has 24 heavy (non-hydrogen) atoms. The minimum atomic E-state index is -0.0573. The molecule has 1 atom stereocenters. The first-order valence-corrected chi connectivity index (χ1v) is 9.35. The van der Waals surface area contributed by atoms with Crippen LogP contribution in [0.5, 0.6) is 0 Å². The zero-order valence-corrected chi connectivity index (χ0v) is 15.1. The van der Waals surface area contributed by atoms with Crippen molar-refractivity contribution in [2.75, 3.05) is 5.32 Å². The van der Waals surface area contributed by atoms with Gasteiger partial charge in [-0.25, -0.2) is 0 Å². The maximum atomic E-state index is 12.3. The molecular weight excluding hydrogens is 340 g/mol. The second-order valence-electron chi connectivity index (χ2n) is 6.35. The first kappa shape index (κ1) is 17.0. The van der Waals surface area contributed by atoms with Gasteiger partial charge in [0.05, 0.1) is 5.56 Å². The number of nitrogens with zero attached hydrogens (tertiary/aromatic N) is 1. The molecule has 1 N–H and O–H groups in total. The number of benzene rings is 1. The van der Waals surface area contributed by atoms with Crippen molar-refractivity contribution < 1.29 is 4.79 Å². The van der Waals surface area contributed by atoms with E-state index >= 15 is 0 Å². The van der Waals surface area contributed by atoms with Crippen molar-refractivity contribution in [2.24, 2.45) is 5.92 Å². The van der Waals surface area contributed by atoms with Crippen molar-refractivity contribution >= 4 is 33.8 Å². The van der Waals surface area contributed by atoms with Crippen LogP contribution in [0.2, 0.25) is 5.02 Å². The fourth-order valence-corrected chi connectivity index (χ4v) is 4.69. The number of carbonyl (C=O) groups excluding carboxylic acids is 1. The summed E-state index contributed by atoms with van der Waals surface area (Å²) in [6.07, 6.45) is 4.07.